The van der Waals surface area contributed by atoms with Crippen LogP contribution in [0.15, 0.2) is 22.7 Å². The molecule has 0 aliphatic heterocycles. The average molecular weight is 281 g/mol. The van der Waals surface area contributed by atoms with Gasteiger partial charge in [-0.15, -0.1) is 12.4 Å². The molecular weight excluding hydrogens is 268 g/mol. The normalized spacial score (nSPS) is 17.4. The Bertz CT molecular complexity index is 328. The van der Waals surface area contributed by atoms with E-state index in [2.05, 4.69) is 15.9 Å². The number of rotatable bonds is 2. The Kier molecular flexibility index (Phi) is 3.93. The van der Waals surface area contributed by atoms with Crippen molar-refractivity contribution >= 4 is 28.3 Å². The zero-order valence-electron chi connectivity index (χ0n) is 7.54. The van der Waals surface area contributed by atoms with E-state index in [0.29, 0.717) is 11.5 Å². The third-order valence-corrected chi connectivity index (χ3v) is 2.94. The molecule has 14 heavy (non-hydrogen) atoms. The lowest BCUT2D eigenvalue weighted by atomic mass is 10.0. The molecule has 2 N–H and O–H groups in total. The molecule has 0 spiro atoms. The van der Waals surface area contributed by atoms with Crippen LogP contribution in [-0.4, -0.2) is 0 Å². The summed E-state index contributed by atoms with van der Waals surface area (Å²) in [4.78, 5) is 0. The molecule has 0 amide bonds. The summed E-state index contributed by atoms with van der Waals surface area (Å²) in [6.45, 7) is 0. The lowest BCUT2D eigenvalue weighted by molar-refractivity contribution is 0.553. The van der Waals surface area contributed by atoms with Crippen LogP contribution in [0.1, 0.15) is 24.4 Å². The molecule has 1 aromatic carbocycles. The van der Waals surface area contributed by atoms with Gasteiger partial charge >= 0.3 is 0 Å². The van der Waals surface area contributed by atoms with Gasteiger partial charge in [-0.25, -0.2) is 4.39 Å². The Balaban J connectivity index is 0.000000980. The summed E-state index contributed by atoms with van der Waals surface area (Å²) in [7, 11) is 0. The van der Waals surface area contributed by atoms with Crippen molar-refractivity contribution in [1.82, 2.24) is 0 Å². The number of benzene rings is 1. The van der Waals surface area contributed by atoms with E-state index in [9.17, 15) is 4.39 Å². The first-order chi connectivity index (χ1) is 6.18. The van der Waals surface area contributed by atoms with Crippen LogP contribution in [0.2, 0.25) is 0 Å². The van der Waals surface area contributed by atoms with E-state index in [0.717, 1.165) is 17.3 Å². The molecule has 0 aromatic heterocycles. The molecule has 78 valence electrons. The van der Waals surface area contributed by atoms with Crippen molar-refractivity contribution in [2.45, 2.75) is 18.9 Å². The molecule has 1 atom stereocenters. The van der Waals surface area contributed by atoms with E-state index in [1.165, 1.54) is 6.07 Å². The predicted octanol–water partition coefficient (Wildman–Crippen LogP) is 3.42. The maximum Gasteiger partial charge on any atom is 0.128 e. The molecule has 1 nitrogen and oxygen atoms in total. The van der Waals surface area contributed by atoms with Crippen molar-refractivity contribution in [3.63, 3.8) is 0 Å². The Morgan fingerprint density at radius 3 is 2.64 bits per heavy atom. The van der Waals surface area contributed by atoms with Crippen LogP contribution < -0.4 is 5.73 Å². The minimum atomic E-state index is -0.192. The van der Waals surface area contributed by atoms with Gasteiger partial charge in [-0.3, -0.25) is 0 Å². The zero-order valence-corrected chi connectivity index (χ0v) is 9.94. The van der Waals surface area contributed by atoms with E-state index in [1.807, 2.05) is 0 Å². The lowest BCUT2D eigenvalue weighted by Gasteiger charge is -2.11. The molecule has 0 saturated heterocycles. The maximum atomic E-state index is 13.3. The number of nitrogens with two attached hydrogens (primary N) is 1. The summed E-state index contributed by atoms with van der Waals surface area (Å²) < 4.78 is 14.2. The SMILES string of the molecule is Cl.N[C@@H](c1cc(Br)ccc1F)C1CC1. The number of hydrogen-bond donors (Lipinski definition) is 1. The fourth-order valence-electron chi connectivity index (χ4n) is 1.48. The predicted molar refractivity (Wildman–Crippen MR) is 61.0 cm³/mol. The monoisotopic (exact) mass is 279 g/mol. The maximum absolute atomic E-state index is 13.3. The summed E-state index contributed by atoms with van der Waals surface area (Å²) in [6.07, 6.45) is 2.26. The van der Waals surface area contributed by atoms with Gasteiger partial charge in [0.1, 0.15) is 5.82 Å². The molecule has 1 aromatic rings. The van der Waals surface area contributed by atoms with Crippen molar-refractivity contribution in [2.24, 2.45) is 11.7 Å². The van der Waals surface area contributed by atoms with E-state index >= 15 is 0 Å². The molecule has 2 rings (SSSR count). The lowest BCUT2D eigenvalue weighted by Crippen LogP contribution is -2.14. The second-order valence-corrected chi connectivity index (χ2v) is 4.44. The van der Waals surface area contributed by atoms with Gasteiger partial charge in [0.2, 0.25) is 0 Å². The Morgan fingerprint density at radius 2 is 2.07 bits per heavy atom. The molecule has 0 heterocycles. The van der Waals surface area contributed by atoms with E-state index < -0.39 is 0 Å². The van der Waals surface area contributed by atoms with Gasteiger partial charge in [0.15, 0.2) is 0 Å². The van der Waals surface area contributed by atoms with Gasteiger partial charge in [0, 0.05) is 16.1 Å². The standard InChI is InChI=1S/C10H11BrFN.ClH/c11-7-3-4-9(12)8(5-7)10(13)6-1-2-6;/h3-6,10H,1-2,13H2;1H/t10-;/m1./s1. The Hall–Kier alpha value is -0.120. The van der Waals surface area contributed by atoms with Crippen molar-refractivity contribution in [3.8, 4) is 0 Å². The van der Waals surface area contributed by atoms with E-state index in [-0.39, 0.29) is 24.3 Å². The van der Waals surface area contributed by atoms with Gasteiger partial charge in [-0.1, -0.05) is 15.9 Å². The van der Waals surface area contributed by atoms with Gasteiger partial charge in [0.25, 0.3) is 0 Å². The van der Waals surface area contributed by atoms with Crippen molar-refractivity contribution in [2.75, 3.05) is 0 Å². The second kappa shape index (κ2) is 4.60. The molecule has 0 unspecified atom stereocenters. The first-order valence-corrected chi connectivity index (χ1v) is 5.18. The minimum Gasteiger partial charge on any atom is -0.324 e. The summed E-state index contributed by atoms with van der Waals surface area (Å²) in [5.74, 6) is 0.298. The fourth-order valence-corrected chi connectivity index (χ4v) is 1.86. The highest BCUT2D eigenvalue weighted by Gasteiger charge is 2.30. The van der Waals surface area contributed by atoms with Gasteiger partial charge < -0.3 is 5.73 Å². The van der Waals surface area contributed by atoms with Crippen LogP contribution in [0.25, 0.3) is 0 Å². The van der Waals surface area contributed by atoms with Gasteiger partial charge in [-0.05, 0) is 37.0 Å². The Morgan fingerprint density at radius 1 is 1.43 bits per heavy atom. The third-order valence-electron chi connectivity index (χ3n) is 2.45. The Labute approximate surface area is 97.4 Å². The van der Waals surface area contributed by atoms with Crippen molar-refractivity contribution in [3.05, 3.63) is 34.1 Å². The molecule has 1 aliphatic rings. The molecule has 1 fully saturated rings. The van der Waals surface area contributed by atoms with Gasteiger partial charge in [-0.2, -0.15) is 0 Å². The molecular formula is C10H12BrClFN. The minimum absolute atomic E-state index is 0. The summed E-state index contributed by atoms with van der Waals surface area (Å²) in [6, 6.07) is 4.80. The number of hydrogen-bond acceptors (Lipinski definition) is 1. The summed E-state index contributed by atoms with van der Waals surface area (Å²) in [5.41, 5.74) is 6.55. The molecule has 1 aliphatic carbocycles. The van der Waals surface area contributed by atoms with E-state index in [1.54, 1.807) is 12.1 Å². The zero-order chi connectivity index (χ0) is 9.42. The van der Waals surface area contributed by atoms with Crippen LogP contribution in [-0.2, 0) is 0 Å². The fraction of sp³-hybridized carbons (Fsp3) is 0.400. The highest BCUT2D eigenvalue weighted by Crippen LogP contribution is 2.40. The van der Waals surface area contributed by atoms with Crippen molar-refractivity contribution in [1.29, 1.82) is 0 Å². The highest BCUT2D eigenvalue weighted by molar-refractivity contribution is 9.10. The second-order valence-electron chi connectivity index (χ2n) is 3.53. The van der Waals surface area contributed by atoms with Crippen molar-refractivity contribution < 1.29 is 4.39 Å². The first kappa shape index (κ1) is 12.0. The number of halogens is 3. The van der Waals surface area contributed by atoms with E-state index in [4.69, 9.17) is 5.73 Å². The third kappa shape index (κ3) is 2.47. The molecule has 0 bridgehead atoms. The van der Waals surface area contributed by atoms with Crippen LogP contribution in [0.4, 0.5) is 4.39 Å². The van der Waals surface area contributed by atoms with Crippen LogP contribution in [0.3, 0.4) is 0 Å². The smallest absolute Gasteiger partial charge is 0.128 e. The average Bonchev–Trinajstić information content (AvgIpc) is 2.91. The van der Waals surface area contributed by atoms with Crippen LogP contribution in [0, 0.1) is 11.7 Å². The largest absolute Gasteiger partial charge is 0.324 e. The molecule has 4 heteroatoms. The van der Waals surface area contributed by atoms with Gasteiger partial charge in [0.05, 0.1) is 0 Å². The van der Waals surface area contributed by atoms with Crippen LogP contribution >= 0.6 is 28.3 Å². The first-order valence-electron chi connectivity index (χ1n) is 4.39. The summed E-state index contributed by atoms with van der Waals surface area (Å²) >= 11 is 3.31. The highest BCUT2D eigenvalue weighted by atomic mass is 79.9. The quantitative estimate of drug-likeness (QED) is 0.882. The summed E-state index contributed by atoms with van der Waals surface area (Å²) in [5, 5.41) is 0. The topological polar surface area (TPSA) is 26.0 Å². The molecule has 0 radical (unpaired) electrons. The van der Waals surface area contributed by atoms with Crippen LogP contribution in [0.5, 0.6) is 0 Å². The molecule has 1 saturated carbocycles.